The van der Waals surface area contributed by atoms with E-state index in [1.54, 1.807) is 0 Å². The number of rotatable bonds is 5. The second-order valence-corrected chi connectivity index (χ2v) is 8.55. The van der Waals surface area contributed by atoms with E-state index in [1.165, 1.54) is 12.1 Å². The van der Waals surface area contributed by atoms with Crippen molar-refractivity contribution in [1.82, 2.24) is 4.90 Å². The van der Waals surface area contributed by atoms with Gasteiger partial charge in [-0.05, 0) is 57.3 Å². The molecule has 2 rings (SSSR count). The summed E-state index contributed by atoms with van der Waals surface area (Å²) >= 11 is 11.0. The predicted octanol–water partition coefficient (Wildman–Crippen LogP) is 6.35. The van der Waals surface area contributed by atoms with Crippen LogP contribution in [0.5, 0.6) is 0 Å². The van der Waals surface area contributed by atoms with Crippen LogP contribution in [-0.2, 0) is 18.8 Å². The minimum atomic E-state index is -4.47. The van der Waals surface area contributed by atoms with Gasteiger partial charge in [-0.15, -0.1) is 0 Å². The number of nitrogens with zero attached hydrogens (tertiary/aromatic N) is 1. The number of carbonyl (C=O) groups is 1. The Balaban J connectivity index is 0.000000343. The average Bonchev–Trinajstić information content (AvgIpc) is 2.58. The third kappa shape index (κ3) is 8.97. The molecule has 0 saturated carbocycles. The van der Waals surface area contributed by atoms with Gasteiger partial charge in [0.05, 0.1) is 21.2 Å². The molecule has 0 aliphatic heterocycles. The Bertz CT molecular complexity index is 927. The molecule has 0 fully saturated rings. The van der Waals surface area contributed by atoms with Crippen LogP contribution < -0.4 is 5.73 Å². The highest BCUT2D eigenvalue weighted by Crippen LogP contribution is 2.36. The van der Waals surface area contributed by atoms with Crippen LogP contribution in [0.25, 0.3) is 0 Å². The summed E-state index contributed by atoms with van der Waals surface area (Å²) in [5.41, 5.74) is 4.67. The Morgan fingerprint density at radius 3 is 1.75 bits per heavy atom. The molecule has 2 N–H and O–H groups in total. The van der Waals surface area contributed by atoms with E-state index in [4.69, 9.17) is 28.9 Å². The van der Waals surface area contributed by atoms with Crippen molar-refractivity contribution < 1.29 is 31.1 Å². The van der Waals surface area contributed by atoms with Crippen molar-refractivity contribution in [2.45, 2.75) is 31.2 Å². The topological polar surface area (TPSA) is 46.3 Å². The Labute approximate surface area is 192 Å². The first-order valence-corrected chi connectivity index (χ1v) is 9.83. The van der Waals surface area contributed by atoms with E-state index < -0.39 is 34.0 Å². The third-order valence-corrected chi connectivity index (χ3v) is 4.68. The molecule has 0 bridgehead atoms. The summed E-state index contributed by atoms with van der Waals surface area (Å²) in [4.78, 5) is 12.1. The molecule has 178 valence electrons. The SMILES string of the molecule is CN(C)CC(C)(N)Cc1ccc(C(F)(F)F)c(Cl)c1.O=Cc1ccc(C(F)(F)F)c(Cl)c1. The lowest BCUT2D eigenvalue weighted by Crippen LogP contribution is -2.47. The Hall–Kier alpha value is -1.81. The summed E-state index contributed by atoms with van der Waals surface area (Å²) in [5, 5.41) is -0.747. The van der Waals surface area contributed by atoms with Crippen molar-refractivity contribution in [3.05, 3.63) is 68.7 Å². The van der Waals surface area contributed by atoms with E-state index in [-0.39, 0.29) is 10.6 Å². The molecule has 32 heavy (non-hydrogen) atoms. The number of aldehydes is 1. The zero-order valence-corrected chi connectivity index (χ0v) is 18.9. The van der Waals surface area contributed by atoms with Gasteiger partial charge in [-0.3, -0.25) is 4.79 Å². The van der Waals surface area contributed by atoms with Gasteiger partial charge in [0.1, 0.15) is 6.29 Å². The van der Waals surface area contributed by atoms with Crippen molar-refractivity contribution in [3.8, 4) is 0 Å². The fourth-order valence-corrected chi connectivity index (χ4v) is 3.58. The van der Waals surface area contributed by atoms with Gasteiger partial charge in [-0.25, -0.2) is 0 Å². The smallest absolute Gasteiger partial charge is 0.324 e. The molecule has 0 aliphatic rings. The fourth-order valence-electron chi connectivity index (χ4n) is 2.98. The maximum absolute atomic E-state index is 12.6. The molecule has 0 saturated heterocycles. The molecule has 0 aliphatic carbocycles. The highest BCUT2D eigenvalue weighted by Gasteiger charge is 2.34. The summed E-state index contributed by atoms with van der Waals surface area (Å²) < 4.78 is 74.1. The maximum Gasteiger partial charge on any atom is 0.417 e. The van der Waals surface area contributed by atoms with E-state index in [0.29, 0.717) is 24.8 Å². The fraction of sp³-hybridized carbons (Fsp3) is 0.381. The zero-order chi connectivity index (χ0) is 24.9. The van der Waals surface area contributed by atoms with Gasteiger partial charge < -0.3 is 10.6 Å². The second-order valence-electron chi connectivity index (χ2n) is 7.74. The van der Waals surface area contributed by atoms with E-state index in [9.17, 15) is 31.1 Å². The standard InChI is InChI=1S/C13H18ClF3N2.C8H4ClF3O/c1-12(18,8-19(2)3)7-9-4-5-10(11(14)6-9)13(15,16)17;9-7-3-5(4-13)1-2-6(7)8(10,11)12/h4-6H,7-8,18H2,1-3H3;1-4H. The van der Waals surface area contributed by atoms with Crippen LogP contribution in [0.15, 0.2) is 36.4 Å². The summed E-state index contributed by atoms with van der Waals surface area (Å²) in [7, 11) is 3.79. The van der Waals surface area contributed by atoms with E-state index in [1.807, 2.05) is 25.9 Å². The number of carbonyl (C=O) groups excluding carboxylic acids is 1. The van der Waals surface area contributed by atoms with E-state index in [0.717, 1.165) is 24.3 Å². The molecule has 1 unspecified atom stereocenters. The minimum absolute atomic E-state index is 0.123. The highest BCUT2D eigenvalue weighted by molar-refractivity contribution is 6.32. The number of alkyl halides is 6. The van der Waals surface area contributed by atoms with Crippen LogP contribution in [0, 0.1) is 0 Å². The molecule has 0 radical (unpaired) electrons. The van der Waals surface area contributed by atoms with Gasteiger partial charge in [0.2, 0.25) is 0 Å². The number of halogens is 8. The van der Waals surface area contributed by atoms with Crippen molar-refractivity contribution in [2.24, 2.45) is 5.73 Å². The predicted molar refractivity (Wildman–Crippen MR) is 113 cm³/mol. The molecule has 0 amide bonds. The number of hydrogen-bond donors (Lipinski definition) is 1. The van der Waals surface area contributed by atoms with Gasteiger partial charge in [0.25, 0.3) is 0 Å². The van der Waals surface area contributed by atoms with Gasteiger partial charge in [0, 0.05) is 17.6 Å². The molecule has 0 spiro atoms. The highest BCUT2D eigenvalue weighted by atomic mass is 35.5. The van der Waals surface area contributed by atoms with Crippen molar-refractivity contribution >= 4 is 29.5 Å². The lowest BCUT2D eigenvalue weighted by Gasteiger charge is -2.28. The van der Waals surface area contributed by atoms with Gasteiger partial charge in [-0.1, -0.05) is 35.3 Å². The average molecular weight is 503 g/mol. The molecule has 1 atom stereocenters. The van der Waals surface area contributed by atoms with E-state index in [2.05, 4.69) is 0 Å². The van der Waals surface area contributed by atoms with Crippen LogP contribution in [0.2, 0.25) is 10.0 Å². The Morgan fingerprint density at radius 1 is 0.906 bits per heavy atom. The monoisotopic (exact) mass is 502 g/mol. The molecule has 0 aromatic heterocycles. The summed E-state index contributed by atoms with van der Waals surface area (Å²) in [6.45, 7) is 2.49. The van der Waals surface area contributed by atoms with Crippen molar-refractivity contribution in [2.75, 3.05) is 20.6 Å². The van der Waals surface area contributed by atoms with Gasteiger partial charge in [-0.2, -0.15) is 26.3 Å². The summed E-state index contributed by atoms with van der Waals surface area (Å²) in [6, 6.07) is 6.61. The molecule has 3 nitrogen and oxygen atoms in total. The number of nitrogens with two attached hydrogens (primary N) is 1. The van der Waals surface area contributed by atoms with Crippen LogP contribution in [-0.4, -0.2) is 37.4 Å². The van der Waals surface area contributed by atoms with Gasteiger partial charge >= 0.3 is 12.4 Å². The lowest BCUT2D eigenvalue weighted by molar-refractivity contribution is -0.138. The first kappa shape index (κ1) is 28.2. The van der Waals surface area contributed by atoms with Crippen LogP contribution >= 0.6 is 23.2 Å². The zero-order valence-electron chi connectivity index (χ0n) is 17.4. The van der Waals surface area contributed by atoms with Crippen molar-refractivity contribution in [1.29, 1.82) is 0 Å². The number of likely N-dealkylation sites (N-methyl/N-ethyl adjacent to an activating group) is 1. The Morgan fingerprint density at radius 2 is 1.38 bits per heavy atom. The molecule has 0 heterocycles. The lowest BCUT2D eigenvalue weighted by atomic mass is 9.93. The number of benzene rings is 2. The first-order valence-electron chi connectivity index (χ1n) is 9.07. The summed E-state index contributed by atoms with van der Waals surface area (Å²) in [6.07, 6.45) is -8.00. The molecular weight excluding hydrogens is 481 g/mol. The van der Waals surface area contributed by atoms with Crippen LogP contribution in [0.4, 0.5) is 26.3 Å². The second kappa shape index (κ2) is 10.9. The minimum Gasteiger partial charge on any atom is -0.324 e. The summed E-state index contributed by atoms with van der Waals surface area (Å²) in [5.74, 6) is 0. The van der Waals surface area contributed by atoms with Crippen LogP contribution in [0.1, 0.15) is 34.0 Å². The quantitative estimate of drug-likeness (QED) is 0.382. The normalized spacial score (nSPS) is 13.9. The molecule has 2 aromatic rings. The van der Waals surface area contributed by atoms with E-state index >= 15 is 0 Å². The third-order valence-electron chi connectivity index (χ3n) is 4.06. The largest absolute Gasteiger partial charge is 0.417 e. The molecule has 2 aromatic carbocycles. The first-order chi connectivity index (χ1) is 14.5. The van der Waals surface area contributed by atoms with Crippen LogP contribution in [0.3, 0.4) is 0 Å². The molecule has 11 heteroatoms. The maximum atomic E-state index is 12.6. The number of hydrogen-bond acceptors (Lipinski definition) is 3. The Kier molecular flexibility index (Phi) is 9.59. The molecular formula is C21H22Cl2F6N2O. The van der Waals surface area contributed by atoms with Gasteiger partial charge in [0.15, 0.2) is 0 Å². The van der Waals surface area contributed by atoms with Crippen molar-refractivity contribution in [3.63, 3.8) is 0 Å².